The van der Waals surface area contributed by atoms with Gasteiger partial charge in [0, 0.05) is 24.7 Å². The van der Waals surface area contributed by atoms with Gasteiger partial charge in [-0.25, -0.2) is 0 Å². The highest BCUT2D eigenvalue weighted by Crippen LogP contribution is 2.44. The van der Waals surface area contributed by atoms with Gasteiger partial charge in [-0.3, -0.25) is 4.90 Å². The summed E-state index contributed by atoms with van der Waals surface area (Å²) in [5.41, 5.74) is 0.433. The van der Waals surface area contributed by atoms with Crippen LogP contribution in [0.1, 0.15) is 47.0 Å². The highest BCUT2D eigenvalue weighted by molar-refractivity contribution is 7.99. The molecule has 0 aromatic heterocycles. The van der Waals surface area contributed by atoms with E-state index in [4.69, 9.17) is 0 Å². The first kappa shape index (κ1) is 15.7. The molecule has 0 radical (unpaired) electrons. The molecule has 1 saturated heterocycles. The number of hydrogen-bond donors (Lipinski definition) is 1. The third-order valence-corrected chi connectivity index (χ3v) is 6.03. The summed E-state index contributed by atoms with van der Waals surface area (Å²) in [7, 11) is 0. The Bertz CT molecular complexity index is 278. The lowest BCUT2D eigenvalue weighted by atomic mass is 9.87. The fourth-order valence-electron chi connectivity index (χ4n) is 3.36. The summed E-state index contributed by atoms with van der Waals surface area (Å²) in [5, 5.41) is 3.82. The van der Waals surface area contributed by atoms with E-state index in [0.29, 0.717) is 11.6 Å². The van der Waals surface area contributed by atoms with Crippen molar-refractivity contribution in [2.24, 2.45) is 11.8 Å². The second-order valence-corrected chi connectivity index (χ2v) is 8.25. The van der Waals surface area contributed by atoms with Crippen LogP contribution in [0.25, 0.3) is 0 Å². The maximum absolute atomic E-state index is 3.82. The zero-order valence-corrected chi connectivity index (χ0v) is 14.1. The van der Waals surface area contributed by atoms with Crippen LogP contribution in [0.2, 0.25) is 0 Å². The van der Waals surface area contributed by atoms with Gasteiger partial charge in [-0.2, -0.15) is 11.8 Å². The van der Waals surface area contributed by atoms with Gasteiger partial charge in [0.15, 0.2) is 0 Å². The van der Waals surface area contributed by atoms with E-state index in [0.717, 1.165) is 11.8 Å². The molecule has 1 saturated carbocycles. The van der Waals surface area contributed by atoms with Crippen LogP contribution in [0, 0.1) is 11.8 Å². The molecule has 0 aromatic rings. The molecule has 1 N–H and O–H groups in total. The van der Waals surface area contributed by atoms with Gasteiger partial charge >= 0.3 is 0 Å². The standard InChI is InChI=1S/C16H32N2S/c1-5-19-10-6-9-18-11-15(13(2)3)17-12-16(18,4)14-7-8-14/h13-15,17H,5-12H2,1-4H3. The van der Waals surface area contributed by atoms with Gasteiger partial charge < -0.3 is 5.32 Å². The number of nitrogens with zero attached hydrogens (tertiary/aromatic N) is 1. The maximum Gasteiger partial charge on any atom is 0.0334 e. The number of thioether (sulfide) groups is 1. The van der Waals surface area contributed by atoms with Crippen molar-refractivity contribution in [3.05, 3.63) is 0 Å². The molecule has 1 heterocycles. The molecule has 2 atom stereocenters. The summed E-state index contributed by atoms with van der Waals surface area (Å²) in [4.78, 5) is 2.82. The topological polar surface area (TPSA) is 15.3 Å². The molecule has 2 aliphatic rings. The Morgan fingerprint density at radius 2 is 2.11 bits per heavy atom. The maximum atomic E-state index is 3.82. The Morgan fingerprint density at radius 1 is 1.37 bits per heavy atom. The van der Waals surface area contributed by atoms with E-state index < -0.39 is 0 Å². The van der Waals surface area contributed by atoms with Gasteiger partial charge in [0.2, 0.25) is 0 Å². The van der Waals surface area contributed by atoms with Crippen LogP contribution in [0.3, 0.4) is 0 Å². The Labute approximate surface area is 124 Å². The zero-order valence-electron chi connectivity index (χ0n) is 13.2. The minimum atomic E-state index is 0.433. The molecule has 2 fully saturated rings. The normalized spacial score (nSPS) is 33.0. The number of nitrogens with one attached hydrogen (secondary N) is 1. The quantitative estimate of drug-likeness (QED) is 0.723. The molecule has 2 unspecified atom stereocenters. The molecule has 0 aromatic carbocycles. The minimum Gasteiger partial charge on any atom is -0.311 e. The van der Waals surface area contributed by atoms with E-state index in [-0.39, 0.29) is 0 Å². The average Bonchev–Trinajstić information content (AvgIpc) is 3.20. The van der Waals surface area contributed by atoms with Crippen molar-refractivity contribution >= 4 is 11.8 Å². The van der Waals surface area contributed by atoms with Gasteiger partial charge in [-0.1, -0.05) is 20.8 Å². The molecular weight excluding hydrogens is 252 g/mol. The van der Waals surface area contributed by atoms with Crippen LogP contribution in [0.4, 0.5) is 0 Å². The average molecular weight is 285 g/mol. The van der Waals surface area contributed by atoms with E-state index in [9.17, 15) is 0 Å². The third-order valence-electron chi connectivity index (χ3n) is 5.04. The molecular formula is C16H32N2S. The Morgan fingerprint density at radius 3 is 2.68 bits per heavy atom. The molecule has 0 spiro atoms. The van der Waals surface area contributed by atoms with Gasteiger partial charge in [0.25, 0.3) is 0 Å². The molecule has 112 valence electrons. The van der Waals surface area contributed by atoms with Crippen LogP contribution in [-0.4, -0.2) is 47.6 Å². The van der Waals surface area contributed by atoms with Crippen LogP contribution in [-0.2, 0) is 0 Å². The number of hydrogen-bond acceptors (Lipinski definition) is 3. The monoisotopic (exact) mass is 284 g/mol. The van der Waals surface area contributed by atoms with Crippen molar-refractivity contribution in [2.75, 3.05) is 31.1 Å². The smallest absolute Gasteiger partial charge is 0.0334 e. The summed E-state index contributed by atoms with van der Waals surface area (Å²) in [6, 6.07) is 0.686. The molecule has 3 heteroatoms. The summed E-state index contributed by atoms with van der Waals surface area (Å²) < 4.78 is 0. The number of rotatable bonds is 7. The van der Waals surface area contributed by atoms with Crippen molar-refractivity contribution in [2.45, 2.75) is 58.5 Å². The van der Waals surface area contributed by atoms with Gasteiger partial charge in [-0.05, 0) is 56.1 Å². The second-order valence-electron chi connectivity index (χ2n) is 6.86. The lowest BCUT2D eigenvalue weighted by molar-refractivity contribution is 0.0259. The summed E-state index contributed by atoms with van der Waals surface area (Å²) in [6.07, 6.45) is 4.25. The lowest BCUT2D eigenvalue weighted by Crippen LogP contribution is -2.65. The predicted octanol–water partition coefficient (Wildman–Crippen LogP) is 3.23. The predicted molar refractivity (Wildman–Crippen MR) is 86.9 cm³/mol. The summed E-state index contributed by atoms with van der Waals surface area (Å²) in [5.74, 6) is 4.28. The fourth-order valence-corrected chi connectivity index (χ4v) is 3.98. The van der Waals surface area contributed by atoms with E-state index in [1.54, 1.807) is 0 Å². The summed E-state index contributed by atoms with van der Waals surface area (Å²) >= 11 is 2.09. The van der Waals surface area contributed by atoms with Crippen molar-refractivity contribution in [1.29, 1.82) is 0 Å². The van der Waals surface area contributed by atoms with E-state index in [1.165, 1.54) is 50.4 Å². The highest BCUT2D eigenvalue weighted by atomic mass is 32.2. The Kier molecular flexibility index (Phi) is 5.62. The molecule has 1 aliphatic carbocycles. The summed E-state index contributed by atoms with van der Waals surface area (Å²) in [6.45, 7) is 13.2. The molecule has 19 heavy (non-hydrogen) atoms. The van der Waals surface area contributed by atoms with Crippen molar-refractivity contribution < 1.29 is 0 Å². The van der Waals surface area contributed by atoms with Crippen LogP contribution in [0.15, 0.2) is 0 Å². The first-order valence-electron chi connectivity index (χ1n) is 8.14. The zero-order chi connectivity index (χ0) is 13.9. The Hall–Kier alpha value is 0.270. The van der Waals surface area contributed by atoms with E-state index >= 15 is 0 Å². The third kappa shape index (κ3) is 3.89. The van der Waals surface area contributed by atoms with E-state index in [2.05, 4.69) is 49.7 Å². The van der Waals surface area contributed by atoms with Gasteiger partial charge in [0.05, 0.1) is 0 Å². The highest BCUT2D eigenvalue weighted by Gasteiger charge is 2.48. The van der Waals surface area contributed by atoms with Crippen LogP contribution in [0.5, 0.6) is 0 Å². The van der Waals surface area contributed by atoms with E-state index in [1.807, 2.05) is 0 Å². The van der Waals surface area contributed by atoms with Crippen LogP contribution >= 0.6 is 11.8 Å². The molecule has 1 aliphatic heterocycles. The molecule has 2 rings (SSSR count). The van der Waals surface area contributed by atoms with Gasteiger partial charge in [0.1, 0.15) is 0 Å². The van der Waals surface area contributed by atoms with Crippen molar-refractivity contribution in [3.8, 4) is 0 Å². The van der Waals surface area contributed by atoms with Crippen LogP contribution < -0.4 is 5.32 Å². The minimum absolute atomic E-state index is 0.433. The molecule has 0 amide bonds. The largest absolute Gasteiger partial charge is 0.311 e. The lowest BCUT2D eigenvalue weighted by Gasteiger charge is -2.50. The fraction of sp³-hybridized carbons (Fsp3) is 1.00. The number of piperazine rings is 1. The molecule has 0 bridgehead atoms. The Balaban J connectivity index is 1.91. The SMILES string of the molecule is CCSCCCN1CC(C(C)C)NCC1(C)C1CC1. The first-order valence-corrected chi connectivity index (χ1v) is 9.29. The van der Waals surface area contributed by atoms with Crippen molar-refractivity contribution in [1.82, 2.24) is 10.2 Å². The van der Waals surface area contributed by atoms with Gasteiger partial charge in [-0.15, -0.1) is 0 Å². The second kappa shape index (κ2) is 6.82. The van der Waals surface area contributed by atoms with Crippen molar-refractivity contribution in [3.63, 3.8) is 0 Å². The molecule has 2 nitrogen and oxygen atoms in total. The first-order chi connectivity index (χ1) is 9.08.